The van der Waals surface area contributed by atoms with E-state index in [9.17, 15) is 34.5 Å². The van der Waals surface area contributed by atoms with Crippen LogP contribution in [0.4, 0.5) is 0 Å². The number of allylic oxidation sites excluding steroid dienone is 16. The fourth-order valence-corrected chi connectivity index (χ4v) is 8.90. The number of aliphatic hydroxyl groups is 2. The van der Waals surface area contributed by atoms with E-state index in [0.29, 0.717) is 19.3 Å². The highest BCUT2D eigenvalue weighted by atomic mass is 16.7. The van der Waals surface area contributed by atoms with Crippen LogP contribution >= 0.6 is 0 Å². The van der Waals surface area contributed by atoms with Gasteiger partial charge in [-0.05, 0) is 116 Å². The molecule has 0 aromatic heterocycles. The molecule has 12 nitrogen and oxygen atoms in total. The second kappa shape index (κ2) is 54.2. The van der Waals surface area contributed by atoms with Gasteiger partial charge in [-0.25, -0.2) is 4.79 Å². The molecule has 1 fully saturated rings. The Morgan fingerprint density at radius 1 is 0.430 bits per heavy atom. The standard InChI is InChI=1S/C67H110O12/c1-4-7-10-13-16-19-22-25-28-29-30-31-34-37-40-43-46-49-52-55-61(70)78-65-63(72)62(71)64(66(73)74)79-67(65)76-57-58(77-60(69)54-51-48-45-42-39-36-33-27-24-21-18-15-12-9-6-3)56-75-59(68)53-50-47-44-41-38-35-32-26-23-20-17-14-11-8-5-2/h7-8,10-11,16-17,19-20,25-28,30-33,58,62-65,67,71-72H,4-6,9,12-15,18,21-24,29,34-57H2,1-3H3,(H,73,74)/b10-7-,11-8-,19-16-,20-17-,28-25-,31-30-,32-26-,33-27-. The van der Waals surface area contributed by atoms with Crippen LogP contribution in [0.2, 0.25) is 0 Å². The number of esters is 3. The number of aliphatic hydroxyl groups excluding tert-OH is 2. The molecular formula is C67H110O12. The number of carboxylic acids is 1. The summed E-state index contributed by atoms with van der Waals surface area (Å²) in [6, 6.07) is 0. The molecule has 79 heavy (non-hydrogen) atoms. The van der Waals surface area contributed by atoms with Crippen LogP contribution in [-0.4, -0.2) is 89.2 Å². The van der Waals surface area contributed by atoms with Gasteiger partial charge in [0.2, 0.25) is 0 Å². The topological polar surface area (TPSA) is 175 Å². The summed E-state index contributed by atoms with van der Waals surface area (Å²) in [5.74, 6) is -3.17. The summed E-state index contributed by atoms with van der Waals surface area (Å²) in [6.45, 7) is 5.75. The fraction of sp³-hybridized carbons (Fsp3) is 0.701. The molecule has 1 saturated heterocycles. The van der Waals surface area contributed by atoms with Crippen molar-refractivity contribution >= 4 is 23.9 Å². The van der Waals surface area contributed by atoms with Crippen molar-refractivity contribution in [3.05, 3.63) is 97.2 Å². The van der Waals surface area contributed by atoms with Gasteiger partial charge >= 0.3 is 23.9 Å². The number of carbonyl (C=O) groups excluding carboxylic acids is 3. The third-order valence-electron chi connectivity index (χ3n) is 13.6. The van der Waals surface area contributed by atoms with E-state index in [2.05, 4.69) is 118 Å². The average Bonchev–Trinajstić information content (AvgIpc) is 3.44. The highest BCUT2D eigenvalue weighted by molar-refractivity contribution is 5.74. The third-order valence-corrected chi connectivity index (χ3v) is 13.6. The molecule has 1 rings (SSSR count). The van der Waals surface area contributed by atoms with Crippen molar-refractivity contribution in [2.24, 2.45) is 0 Å². The molecule has 0 radical (unpaired) electrons. The number of hydrogen-bond donors (Lipinski definition) is 3. The third kappa shape index (κ3) is 44.0. The molecule has 0 amide bonds. The van der Waals surface area contributed by atoms with Gasteiger partial charge in [-0.15, -0.1) is 0 Å². The lowest BCUT2D eigenvalue weighted by Crippen LogP contribution is -2.61. The Hall–Kier alpha value is -4.36. The molecule has 6 atom stereocenters. The van der Waals surface area contributed by atoms with Crippen molar-refractivity contribution < 1.29 is 58.2 Å². The highest BCUT2D eigenvalue weighted by Gasteiger charge is 2.50. The summed E-state index contributed by atoms with van der Waals surface area (Å²) < 4.78 is 28.5. The van der Waals surface area contributed by atoms with Crippen molar-refractivity contribution in [3.8, 4) is 0 Å². The molecule has 6 unspecified atom stereocenters. The van der Waals surface area contributed by atoms with E-state index in [1.165, 1.54) is 38.5 Å². The van der Waals surface area contributed by atoms with Crippen LogP contribution in [0.25, 0.3) is 0 Å². The van der Waals surface area contributed by atoms with Crippen LogP contribution in [0.15, 0.2) is 97.2 Å². The van der Waals surface area contributed by atoms with Gasteiger partial charge in [0.1, 0.15) is 18.8 Å². The summed E-state index contributed by atoms with van der Waals surface area (Å²) in [6.07, 6.45) is 59.3. The minimum Gasteiger partial charge on any atom is -0.479 e. The zero-order chi connectivity index (χ0) is 57.5. The van der Waals surface area contributed by atoms with Gasteiger partial charge in [0, 0.05) is 19.3 Å². The molecule has 0 aromatic carbocycles. The Bertz CT molecular complexity index is 1740. The maximum atomic E-state index is 13.2. The first-order chi connectivity index (χ1) is 38.6. The Balaban J connectivity index is 2.69. The van der Waals surface area contributed by atoms with Crippen LogP contribution in [0.1, 0.15) is 252 Å². The van der Waals surface area contributed by atoms with E-state index in [1.54, 1.807) is 0 Å². The SMILES string of the molecule is CC/C=C\C/C=C\C/C=C\C/C=C\CCCCCCCCC(=O)OC1C(OCC(COC(=O)CCCCCCC/C=C\C/C=C\C/C=C\CC)OC(=O)CCCCCCC/C=C\CCCCCCCC)OC(C(=O)O)C(O)C1O. The van der Waals surface area contributed by atoms with E-state index < -0.39 is 67.3 Å². The van der Waals surface area contributed by atoms with Gasteiger partial charge in [0.15, 0.2) is 24.6 Å². The second-order valence-corrected chi connectivity index (χ2v) is 20.9. The van der Waals surface area contributed by atoms with Crippen LogP contribution in [0, 0.1) is 0 Å². The molecule has 0 bridgehead atoms. The molecule has 3 N–H and O–H groups in total. The summed E-state index contributed by atoms with van der Waals surface area (Å²) in [7, 11) is 0. The summed E-state index contributed by atoms with van der Waals surface area (Å²) in [5.41, 5.74) is 0. The largest absolute Gasteiger partial charge is 0.479 e. The molecule has 450 valence electrons. The number of carboxylic acid groups (broad SMARTS) is 1. The van der Waals surface area contributed by atoms with E-state index >= 15 is 0 Å². The lowest BCUT2D eigenvalue weighted by molar-refractivity contribution is -0.301. The van der Waals surface area contributed by atoms with E-state index in [4.69, 9.17) is 23.7 Å². The van der Waals surface area contributed by atoms with Gasteiger partial charge in [0.05, 0.1) is 6.61 Å². The summed E-state index contributed by atoms with van der Waals surface area (Å²) >= 11 is 0. The van der Waals surface area contributed by atoms with Gasteiger partial charge in [-0.1, -0.05) is 214 Å². The minimum atomic E-state index is -1.92. The Labute approximate surface area is 479 Å². The lowest BCUT2D eigenvalue weighted by Gasteiger charge is -2.40. The van der Waals surface area contributed by atoms with E-state index in [0.717, 1.165) is 154 Å². The smallest absolute Gasteiger partial charge is 0.335 e. The van der Waals surface area contributed by atoms with E-state index in [1.807, 2.05) is 0 Å². The lowest BCUT2D eigenvalue weighted by atomic mass is 9.98. The molecule has 1 aliphatic heterocycles. The molecule has 0 spiro atoms. The number of aliphatic carboxylic acids is 1. The van der Waals surface area contributed by atoms with Crippen molar-refractivity contribution in [3.63, 3.8) is 0 Å². The van der Waals surface area contributed by atoms with Crippen LogP contribution in [0.5, 0.6) is 0 Å². The zero-order valence-electron chi connectivity index (χ0n) is 49.6. The highest BCUT2D eigenvalue weighted by Crippen LogP contribution is 2.26. The van der Waals surface area contributed by atoms with Crippen molar-refractivity contribution in [1.29, 1.82) is 0 Å². The number of hydrogen-bond acceptors (Lipinski definition) is 11. The second-order valence-electron chi connectivity index (χ2n) is 20.9. The predicted molar refractivity (Wildman–Crippen MR) is 321 cm³/mol. The van der Waals surface area contributed by atoms with E-state index in [-0.39, 0.29) is 25.9 Å². The molecule has 0 aromatic rings. The zero-order valence-corrected chi connectivity index (χ0v) is 49.6. The first-order valence-corrected chi connectivity index (χ1v) is 31.2. The number of unbranched alkanes of at least 4 members (excludes halogenated alkanes) is 22. The number of ether oxygens (including phenoxy) is 5. The maximum absolute atomic E-state index is 13.2. The average molecular weight is 1110 g/mol. The van der Waals surface area contributed by atoms with Gasteiger partial charge in [-0.2, -0.15) is 0 Å². The monoisotopic (exact) mass is 1110 g/mol. The first-order valence-electron chi connectivity index (χ1n) is 31.2. The molecular weight excluding hydrogens is 997 g/mol. The van der Waals surface area contributed by atoms with Gasteiger partial charge in [0.25, 0.3) is 0 Å². The Kier molecular flexibility index (Phi) is 49.9. The van der Waals surface area contributed by atoms with Crippen molar-refractivity contribution in [2.45, 2.75) is 289 Å². The van der Waals surface area contributed by atoms with Crippen LogP contribution in [0.3, 0.4) is 0 Å². The predicted octanol–water partition coefficient (Wildman–Crippen LogP) is 16.5. The van der Waals surface area contributed by atoms with Crippen LogP contribution < -0.4 is 0 Å². The maximum Gasteiger partial charge on any atom is 0.335 e. The van der Waals surface area contributed by atoms with Crippen molar-refractivity contribution in [1.82, 2.24) is 0 Å². The first kappa shape index (κ1) is 72.7. The Morgan fingerprint density at radius 2 is 0.797 bits per heavy atom. The molecule has 0 saturated carbocycles. The quantitative estimate of drug-likeness (QED) is 0.0228. The minimum absolute atomic E-state index is 0.0377. The Morgan fingerprint density at radius 3 is 1.23 bits per heavy atom. The van der Waals surface area contributed by atoms with Gasteiger partial charge in [-0.3, -0.25) is 14.4 Å². The molecule has 0 aliphatic carbocycles. The summed E-state index contributed by atoms with van der Waals surface area (Å²) in [5, 5.41) is 31.6. The number of carbonyl (C=O) groups is 4. The fourth-order valence-electron chi connectivity index (χ4n) is 8.90. The van der Waals surface area contributed by atoms with Crippen LogP contribution in [-0.2, 0) is 42.9 Å². The normalized spacial score (nSPS) is 18.5. The molecule has 1 aliphatic rings. The van der Waals surface area contributed by atoms with Gasteiger partial charge < -0.3 is 39.0 Å². The summed E-state index contributed by atoms with van der Waals surface area (Å²) in [4.78, 5) is 51.2. The molecule has 1 heterocycles. The van der Waals surface area contributed by atoms with Crippen molar-refractivity contribution in [2.75, 3.05) is 13.2 Å². The molecule has 12 heteroatoms. The number of rotatable bonds is 52.